The van der Waals surface area contributed by atoms with Crippen LogP contribution in [0.4, 0.5) is 0 Å². The van der Waals surface area contributed by atoms with Crippen molar-refractivity contribution in [3.63, 3.8) is 0 Å². The lowest BCUT2D eigenvalue weighted by Gasteiger charge is -2.02. The molecule has 0 spiro atoms. The van der Waals surface area contributed by atoms with Crippen molar-refractivity contribution in [3.8, 4) is 0 Å². The summed E-state index contributed by atoms with van der Waals surface area (Å²) in [6, 6.07) is 3.57. The molecule has 0 unspecified atom stereocenters. The average Bonchev–Trinajstić information content (AvgIpc) is 1.88. The molecule has 1 rings (SSSR count). The van der Waals surface area contributed by atoms with Gasteiger partial charge in [0, 0.05) is 11.6 Å². The van der Waals surface area contributed by atoms with Gasteiger partial charge in [-0.3, -0.25) is 0 Å². The van der Waals surface area contributed by atoms with Gasteiger partial charge < -0.3 is 5.21 Å². The SMILES string of the molecule is Cc1ccc[n+]([O-])c1CCl. The van der Waals surface area contributed by atoms with Gasteiger partial charge >= 0.3 is 0 Å². The van der Waals surface area contributed by atoms with Gasteiger partial charge in [-0.25, -0.2) is 0 Å². The molecule has 0 saturated heterocycles. The van der Waals surface area contributed by atoms with Gasteiger partial charge in [-0.15, -0.1) is 11.6 Å². The second-order valence-electron chi connectivity index (χ2n) is 2.10. The average molecular weight is 158 g/mol. The summed E-state index contributed by atoms with van der Waals surface area (Å²) in [5.74, 6) is 0.274. The fourth-order valence-electron chi connectivity index (χ4n) is 0.790. The highest BCUT2D eigenvalue weighted by Crippen LogP contribution is 2.03. The van der Waals surface area contributed by atoms with E-state index >= 15 is 0 Å². The Morgan fingerprint density at radius 2 is 2.40 bits per heavy atom. The molecule has 1 aromatic rings. The molecule has 1 heterocycles. The van der Waals surface area contributed by atoms with Crippen molar-refractivity contribution in [2.45, 2.75) is 12.8 Å². The third kappa shape index (κ3) is 1.21. The van der Waals surface area contributed by atoms with Crippen LogP contribution in [0.3, 0.4) is 0 Å². The quantitative estimate of drug-likeness (QED) is 0.344. The predicted molar refractivity (Wildman–Crippen MR) is 39.7 cm³/mol. The van der Waals surface area contributed by atoms with Crippen LogP contribution in [0.2, 0.25) is 0 Å². The van der Waals surface area contributed by atoms with Crippen molar-refractivity contribution in [1.29, 1.82) is 0 Å². The molecular formula is C7H8ClNO. The first-order chi connectivity index (χ1) is 4.75. The first-order valence-corrected chi connectivity index (χ1v) is 3.53. The third-order valence-corrected chi connectivity index (χ3v) is 1.67. The maximum absolute atomic E-state index is 10.9. The molecule has 10 heavy (non-hydrogen) atoms. The molecule has 1 aromatic heterocycles. The Morgan fingerprint density at radius 1 is 1.70 bits per heavy atom. The van der Waals surface area contributed by atoms with Crippen LogP contribution < -0.4 is 4.73 Å². The minimum Gasteiger partial charge on any atom is -0.618 e. The van der Waals surface area contributed by atoms with Crippen LogP contribution in [0.1, 0.15) is 11.3 Å². The molecule has 0 fully saturated rings. The van der Waals surface area contributed by atoms with E-state index in [9.17, 15) is 5.21 Å². The summed E-state index contributed by atoms with van der Waals surface area (Å²) in [4.78, 5) is 0. The Balaban J connectivity index is 3.17. The van der Waals surface area contributed by atoms with Gasteiger partial charge in [0.25, 0.3) is 0 Å². The van der Waals surface area contributed by atoms with Crippen LogP contribution in [-0.2, 0) is 5.88 Å². The molecule has 0 amide bonds. The van der Waals surface area contributed by atoms with Crippen LogP contribution in [-0.4, -0.2) is 0 Å². The highest BCUT2D eigenvalue weighted by atomic mass is 35.5. The molecule has 0 aliphatic heterocycles. The summed E-state index contributed by atoms with van der Waals surface area (Å²) in [5.41, 5.74) is 1.57. The van der Waals surface area contributed by atoms with E-state index in [1.807, 2.05) is 13.0 Å². The van der Waals surface area contributed by atoms with Crippen molar-refractivity contribution in [2.75, 3.05) is 0 Å². The fourth-order valence-corrected chi connectivity index (χ4v) is 1.12. The number of halogens is 1. The van der Waals surface area contributed by atoms with E-state index in [4.69, 9.17) is 11.6 Å². The van der Waals surface area contributed by atoms with Crippen molar-refractivity contribution in [3.05, 3.63) is 34.8 Å². The van der Waals surface area contributed by atoms with Gasteiger partial charge in [-0.1, -0.05) is 0 Å². The van der Waals surface area contributed by atoms with Crippen LogP contribution in [0, 0.1) is 12.1 Å². The minimum absolute atomic E-state index is 0.274. The van der Waals surface area contributed by atoms with Gasteiger partial charge in [-0.05, 0) is 13.0 Å². The maximum Gasteiger partial charge on any atom is 0.210 e. The normalized spacial score (nSPS) is 9.80. The van der Waals surface area contributed by atoms with Gasteiger partial charge in [0.05, 0.1) is 0 Å². The van der Waals surface area contributed by atoms with E-state index in [1.54, 1.807) is 6.07 Å². The summed E-state index contributed by atoms with van der Waals surface area (Å²) >= 11 is 5.52. The Hall–Kier alpha value is -0.760. The Labute approximate surface area is 64.6 Å². The largest absolute Gasteiger partial charge is 0.618 e. The molecule has 0 aromatic carbocycles. The topological polar surface area (TPSA) is 26.9 Å². The summed E-state index contributed by atoms with van der Waals surface area (Å²) in [6.07, 6.45) is 1.45. The van der Waals surface area contributed by atoms with E-state index in [2.05, 4.69) is 0 Å². The molecule has 0 radical (unpaired) electrons. The monoisotopic (exact) mass is 157 g/mol. The lowest BCUT2D eigenvalue weighted by molar-refractivity contribution is -0.613. The number of hydrogen-bond acceptors (Lipinski definition) is 1. The number of hydrogen-bond donors (Lipinski definition) is 0. The summed E-state index contributed by atoms with van der Waals surface area (Å²) in [5, 5.41) is 10.9. The van der Waals surface area contributed by atoms with Crippen LogP contribution in [0.15, 0.2) is 18.3 Å². The summed E-state index contributed by atoms with van der Waals surface area (Å²) in [7, 11) is 0. The zero-order valence-electron chi connectivity index (χ0n) is 5.67. The second-order valence-corrected chi connectivity index (χ2v) is 2.36. The van der Waals surface area contributed by atoms with Gasteiger partial charge in [0.15, 0.2) is 6.20 Å². The molecule has 2 nitrogen and oxygen atoms in total. The number of alkyl halides is 1. The molecule has 3 heteroatoms. The Bertz CT molecular complexity index is 217. The minimum atomic E-state index is 0.274. The highest BCUT2D eigenvalue weighted by molar-refractivity contribution is 6.16. The van der Waals surface area contributed by atoms with E-state index in [-0.39, 0.29) is 5.88 Å². The number of aromatic nitrogens is 1. The van der Waals surface area contributed by atoms with Gasteiger partial charge in [0.1, 0.15) is 5.88 Å². The van der Waals surface area contributed by atoms with Crippen LogP contribution in [0.5, 0.6) is 0 Å². The smallest absolute Gasteiger partial charge is 0.210 e. The summed E-state index contributed by atoms with van der Waals surface area (Å²) < 4.78 is 0.794. The number of pyridine rings is 1. The van der Waals surface area contributed by atoms with E-state index in [0.29, 0.717) is 5.69 Å². The van der Waals surface area contributed by atoms with Crippen molar-refractivity contribution in [1.82, 2.24) is 0 Å². The molecule has 0 N–H and O–H groups in total. The Morgan fingerprint density at radius 3 is 2.80 bits per heavy atom. The van der Waals surface area contributed by atoms with E-state index < -0.39 is 0 Å². The van der Waals surface area contributed by atoms with Crippen molar-refractivity contribution in [2.24, 2.45) is 0 Å². The molecule has 54 valence electrons. The molecule has 0 aliphatic carbocycles. The van der Waals surface area contributed by atoms with Crippen LogP contribution >= 0.6 is 11.6 Å². The van der Waals surface area contributed by atoms with Gasteiger partial charge in [-0.2, -0.15) is 4.73 Å². The first kappa shape index (κ1) is 7.35. The lowest BCUT2D eigenvalue weighted by atomic mass is 10.2. The van der Waals surface area contributed by atoms with Crippen molar-refractivity contribution >= 4 is 11.6 Å². The van der Waals surface area contributed by atoms with Crippen LogP contribution in [0.25, 0.3) is 0 Å². The third-order valence-electron chi connectivity index (χ3n) is 1.42. The number of rotatable bonds is 1. The molecule has 0 aliphatic rings. The van der Waals surface area contributed by atoms with Crippen molar-refractivity contribution < 1.29 is 4.73 Å². The Kier molecular flexibility index (Phi) is 2.12. The van der Waals surface area contributed by atoms with E-state index in [1.165, 1.54) is 6.20 Å². The van der Waals surface area contributed by atoms with E-state index in [0.717, 1.165) is 10.3 Å². The zero-order valence-corrected chi connectivity index (χ0v) is 6.43. The first-order valence-electron chi connectivity index (χ1n) is 2.99. The zero-order chi connectivity index (χ0) is 7.56. The predicted octanol–water partition coefficient (Wildman–Crippen LogP) is 1.37. The summed E-state index contributed by atoms with van der Waals surface area (Å²) in [6.45, 7) is 1.87. The molecule has 0 saturated carbocycles. The number of nitrogens with zero attached hydrogens (tertiary/aromatic N) is 1. The maximum atomic E-state index is 10.9. The standard InChI is InChI=1S/C7H8ClNO/c1-6-3-2-4-9(10)7(6)5-8/h2-4H,5H2,1H3. The molecular weight excluding hydrogens is 150 g/mol. The van der Waals surface area contributed by atoms with Gasteiger partial charge in [0.2, 0.25) is 5.69 Å². The lowest BCUT2D eigenvalue weighted by Crippen LogP contribution is -2.31. The fraction of sp³-hybridized carbons (Fsp3) is 0.286. The molecule has 0 atom stereocenters. The number of aryl methyl sites for hydroxylation is 1. The second kappa shape index (κ2) is 2.88. The highest BCUT2D eigenvalue weighted by Gasteiger charge is 2.04. The molecule has 0 bridgehead atoms.